The highest BCUT2D eigenvalue weighted by molar-refractivity contribution is 6.30. The summed E-state index contributed by atoms with van der Waals surface area (Å²) in [5, 5.41) is 13.2. The van der Waals surface area contributed by atoms with Gasteiger partial charge in [-0.15, -0.1) is 0 Å². The van der Waals surface area contributed by atoms with Crippen molar-refractivity contribution in [1.29, 1.82) is 5.26 Å². The SMILES string of the molecule is CC1OCCC1(C#N)Nc1cccc(Cl)c1. The number of nitrogens with one attached hydrogen (secondary N) is 1. The zero-order chi connectivity index (χ0) is 11.6. The summed E-state index contributed by atoms with van der Waals surface area (Å²) < 4.78 is 5.44. The van der Waals surface area contributed by atoms with Crippen LogP contribution in [0.3, 0.4) is 0 Å². The fourth-order valence-electron chi connectivity index (χ4n) is 1.90. The molecule has 84 valence electrons. The minimum Gasteiger partial charge on any atom is -0.375 e. The maximum atomic E-state index is 9.29. The molecule has 1 aromatic rings. The monoisotopic (exact) mass is 236 g/mol. The second kappa shape index (κ2) is 4.32. The molecular weight excluding hydrogens is 224 g/mol. The van der Waals surface area contributed by atoms with E-state index in [1.165, 1.54) is 0 Å². The van der Waals surface area contributed by atoms with Gasteiger partial charge in [0.15, 0.2) is 5.54 Å². The Morgan fingerprint density at radius 1 is 1.62 bits per heavy atom. The molecule has 0 amide bonds. The van der Waals surface area contributed by atoms with Crippen LogP contribution in [0.2, 0.25) is 5.02 Å². The molecule has 0 aliphatic carbocycles. The van der Waals surface area contributed by atoms with E-state index in [0.717, 1.165) is 5.69 Å². The van der Waals surface area contributed by atoms with E-state index in [4.69, 9.17) is 16.3 Å². The highest BCUT2D eigenvalue weighted by atomic mass is 35.5. The third-order valence-electron chi connectivity index (χ3n) is 2.95. The molecule has 1 aliphatic rings. The Kier molecular flexibility index (Phi) is 3.04. The maximum Gasteiger partial charge on any atom is 0.153 e. The first-order valence-electron chi connectivity index (χ1n) is 5.23. The summed E-state index contributed by atoms with van der Waals surface area (Å²) in [4.78, 5) is 0. The molecule has 1 aliphatic heterocycles. The Morgan fingerprint density at radius 3 is 3.00 bits per heavy atom. The summed E-state index contributed by atoms with van der Waals surface area (Å²) in [5.74, 6) is 0. The largest absolute Gasteiger partial charge is 0.375 e. The molecule has 0 spiro atoms. The minimum absolute atomic E-state index is 0.114. The van der Waals surface area contributed by atoms with Crippen molar-refractivity contribution in [2.75, 3.05) is 11.9 Å². The van der Waals surface area contributed by atoms with Crippen molar-refractivity contribution in [2.24, 2.45) is 0 Å². The lowest BCUT2D eigenvalue weighted by atomic mass is 9.93. The molecular formula is C12H13ClN2O. The number of halogens is 1. The van der Waals surface area contributed by atoms with Gasteiger partial charge in [0.1, 0.15) is 0 Å². The van der Waals surface area contributed by atoms with Crippen molar-refractivity contribution in [1.82, 2.24) is 0 Å². The van der Waals surface area contributed by atoms with Gasteiger partial charge in [-0.2, -0.15) is 5.26 Å². The summed E-state index contributed by atoms with van der Waals surface area (Å²) in [6.07, 6.45) is 0.577. The number of rotatable bonds is 2. The van der Waals surface area contributed by atoms with Gasteiger partial charge in [-0.3, -0.25) is 0 Å². The third-order valence-corrected chi connectivity index (χ3v) is 3.18. The Morgan fingerprint density at radius 2 is 2.44 bits per heavy atom. The quantitative estimate of drug-likeness (QED) is 0.859. The van der Waals surface area contributed by atoms with Crippen LogP contribution in [-0.4, -0.2) is 18.2 Å². The van der Waals surface area contributed by atoms with E-state index < -0.39 is 5.54 Å². The second-order valence-corrected chi connectivity index (χ2v) is 4.42. The van der Waals surface area contributed by atoms with E-state index in [2.05, 4.69) is 11.4 Å². The predicted octanol–water partition coefficient (Wildman–Crippen LogP) is 2.82. The van der Waals surface area contributed by atoms with E-state index in [9.17, 15) is 5.26 Å². The lowest BCUT2D eigenvalue weighted by Crippen LogP contribution is -2.42. The van der Waals surface area contributed by atoms with Crippen molar-refractivity contribution in [3.05, 3.63) is 29.3 Å². The van der Waals surface area contributed by atoms with Gasteiger partial charge in [-0.25, -0.2) is 0 Å². The molecule has 4 heteroatoms. The first-order chi connectivity index (χ1) is 7.66. The number of anilines is 1. The van der Waals surface area contributed by atoms with Crippen LogP contribution in [-0.2, 0) is 4.74 Å². The highest BCUT2D eigenvalue weighted by Crippen LogP contribution is 2.30. The zero-order valence-corrected chi connectivity index (χ0v) is 9.79. The number of hydrogen-bond donors (Lipinski definition) is 1. The van der Waals surface area contributed by atoms with E-state index in [-0.39, 0.29) is 6.10 Å². The fraction of sp³-hybridized carbons (Fsp3) is 0.417. The number of ether oxygens (including phenoxy) is 1. The molecule has 2 atom stereocenters. The second-order valence-electron chi connectivity index (χ2n) is 3.98. The van der Waals surface area contributed by atoms with Gasteiger partial charge in [0.25, 0.3) is 0 Å². The van der Waals surface area contributed by atoms with Gasteiger partial charge in [0.2, 0.25) is 0 Å². The Hall–Kier alpha value is -1.24. The van der Waals surface area contributed by atoms with Crippen LogP contribution >= 0.6 is 11.6 Å². The van der Waals surface area contributed by atoms with Crippen molar-refractivity contribution < 1.29 is 4.74 Å². The van der Waals surface area contributed by atoms with Crippen LogP contribution in [0.4, 0.5) is 5.69 Å². The molecule has 1 fully saturated rings. The minimum atomic E-state index is -0.634. The van der Waals surface area contributed by atoms with Crippen LogP contribution in [0.5, 0.6) is 0 Å². The third kappa shape index (κ3) is 1.99. The van der Waals surface area contributed by atoms with Gasteiger partial charge in [0.05, 0.1) is 18.8 Å². The summed E-state index contributed by atoms with van der Waals surface area (Å²) in [7, 11) is 0. The van der Waals surface area contributed by atoms with Crippen LogP contribution in [0.25, 0.3) is 0 Å². The van der Waals surface area contributed by atoms with Crippen LogP contribution < -0.4 is 5.32 Å². The van der Waals surface area contributed by atoms with E-state index in [1.54, 1.807) is 6.07 Å². The normalized spacial score (nSPS) is 28.7. The lowest BCUT2D eigenvalue weighted by Gasteiger charge is -2.26. The number of benzene rings is 1. The van der Waals surface area contributed by atoms with Crippen molar-refractivity contribution in [3.8, 4) is 6.07 Å². The summed E-state index contributed by atoms with van der Waals surface area (Å²) >= 11 is 5.90. The zero-order valence-electron chi connectivity index (χ0n) is 9.03. The van der Waals surface area contributed by atoms with E-state index in [0.29, 0.717) is 18.1 Å². The van der Waals surface area contributed by atoms with Crippen LogP contribution in [0.1, 0.15) is 13.3 Å². The van der Waals surface area contributed by atoms with Gasteiger partial charge in [-0.05, 0) is 25.1 Å². The van der Waals surface area contributed by atoms with Gasteiger partial charge in [-0.1, -0.05) is 17.7 Å². The van der Waals surface area contributed by atoms with Crippen LogP contribution in [0.15, 0.2) is 24.3 Å². The predicted molar refractivity (Wildman–Crippen MR) is 63.4 cm³/mol. The molecule has 3 nitrogen and oxygen atoms in total. The molecule has 2 rings (SSSR count). The first-order valence-corrected chi connectivity index (χ1v) is 5.61. The molecule has 1 heterocycles. The molecule has 0 bridgehead atoms. The van der Waals surface area contributed by atoms with Crippen molar-refractivity contribution in [2.45, 2.75) is 25.0 Å². The number of hydrogen-bond acceptors (Lipinski definition) is 3. The maximum absolute atomic E-state index is 9.29. The Bertz CT molecular complexity index is 429. The average Bonchev–Trinajstić information content (AvgIpc) is 2.61. The molecule has 0 radical (unpaired) electrons. The standard InChI is InChI=1S/C12H13ClN2O/c1-9-12(8-14,5-6-16-9)15-11-4-2-3-10(13)7-11/h2-4,7,9,15H,5-6H2,1H3. The summed E-state index contributed by atoms with van der Waals surface area (Å²) in [6, 6.07) is 9.69. The summed E-state index contributed by atoms with van der Waals surface area (Å²) in [6.45, 7) is 2.52. The van der Waals surface area contributed by atoms with Gasteiger partial charge >= 0.3 is 0 Å². The average molecular weight is 237 g/mol. The van der Waals surface area contributed by atoms with Gasteiger partial charge in [0, 0.05) is 17.1 Å². The highest BCUT2D eigenvalue weighted by Gasteiger charge is 2.42. The molecule has 1 aromatic carbocycles. The Labute approximate surface area is 100.0 Å². The lowest BCUT2D eigenvalue weighted by molar-refractivity contribution is 0.112. The van der Waals surface area contributed by atoms with E-state index >= 15 is 0 Å². The Balaban J connectivity index is 2.23. The van der Waals surface area contributed by atoms with Crippen molar-refractivity contribution in [3.63, 3.8) is 0 Å². The fourth-order valence-corrected chi connectivity index (χ4v) is 2.10. The van der Waals surface area contributed by atoms with E-state index in [1.807, 2.05) is 25.1 Å². The topological polar surface area (TPSA) is 45.0 Å². The smallest absolute Gasteiger partial charge is 0.153 e. The van der Waals surface area contributed by atoms with Gasteiger partial charge < -0.3 is 10.1 Å². The molecule has 2 unspecified atom stereocenters. The van der Waals surface area contributed by atoms with Crippen molar-refractivity contribution >= 4 is 17.3 Å². The molecule has 1 N–H and O–H groups in total. The number of nitrogens with zero attached hydrogens (tertiary/aromatic N) is 1. The summed E-state index contributed by atoms with van der Waals surface area (Å²) in [5.41, 5.74) is 0.219. The number of nitriles is 1. The first kappa shape index (κ1) is 11.3. The molecule has 0 saturated carbocycles. The molecule has 0 aromatic heterocycles. The molecule has 1 saturated heterocycles. The van der Waals surface area contributed by atoms with Crippen LogP contribution in [0, 0.1) is 11.3 Å². The molecule has 16 heavy (non-hydrogen) atoms.